The van der Waals surface area contributed by atoms with E-state index in [0.717, 1.165) is 12.5 Å². The minimum Gasteiger partial charge on any atom is -0.478 e. The predicted octanol–water partition coefficient (Wildman–Crippen LogP) is 3.28. The van der Waals surface area contributed by atoms with Crippen molar-refractivity contribution in [2.24, 2.45) is 5.92 Å². The molecule has 0 aliphatic carbocycles. The van der Waals surface area contributed by atoms with E-state index in [-0.39, 0.29) is 11.7 Å². The van der Waals surface area contributed by atoms with Gasteiger partial charge in [0.1, 0.15) is 11.5 Å². The van der Waals surface area contributed by atoms with Crippen LogP contribution in [0.15, 0.2) is 12.1 Å². The normalized spacial score (nSPS) is 12.2. The Labute approximate surface area is 115 Å². The van der Waals surface area contributed by atoms with Crippen LogP contribution in [0.5, 0.6) is 0 Å². The number of carbonyl (C=O) groups is 1. The van der Waals surface area contributed by atoms with Crippen molar-refractivity contribution < 1.29 is 19.2 Å². The molecule has 1 unspecified atom stereocenters. The van der Waals surface area contributed by atoms with E-state index in [1.807, 2.05) is 20.8 Å². The highest BCUT2D eigenvalue weighted by Gasteiger charge is 2.22. The third-order valence-corrected chi connectivity index (χ3v) is 2.74. The van der Waals surface area contributed by atoms with Crippen LogP contribution in [0.3, 0.4) is 0 Å². The van der Waals surface area contributed by atoms with E-state index in [9.17, 15) is 19.3 Å². The minimum absolute atomic E-state index is 0.0157. The molecule has 20 heavy (non-hydrogen) atoms. The van der Waals surface area contributed by atoms with Gasteiger partial charge in [-0.2, -0.15) is 0 Å². The number of aromatic carboxylic acids is 1. The van der Waals surface area contributed by atoms with E-state index >= 15 is 0 Å². The maximum atomic E-state index is 13.5. The molecule has 110 valence electrons. The molecule has 0 aromatic heterocycles. The molecule has 1 aromatic rings. The quantitative estimate of drug-likeness (QED) is 0.617. The van der Waals surface area contributed by atoms with Crippen LogP contribution in [0.4, 0.5) is 15.8 Å². The van der Waals surface area contributed by atoms with Gasteiger partial charge < -0.3 is 10.4 Å². The maximum absolute atomic E-state index is 13.5. The molecule has 0 radical (unpaired) electrons. The molecule has 2 N–H and O–H groups in total. The van der Waals surface area contributed by atoms with Gasteiger partial charge in [-0.15, -0.1) is 0 Å². The summed E-state index contributed by atoms with van der Waals surface area (Å²) in [7, 11) is 0. The molecule has 0 saturated heterocycles. The van der Waals surface area contributed by atoms with Gasteiger partial charge in [-0.3, -0.25) is 10.1 Å². The lowest BCUT2D eigenvalue weighted by Crippen LogP contribution is -2.19. The third kappa shape index (κ3) is 3.91. The monoisotopic (exact) mass is 284 g/mol. The molecule has 1 atom stereocenters. The molecular formula is C13H17FN2O4. The zero-order valence-corrected chi connectivity index (χ0v) is 11.5. The summed E-state index contributed by atoms with van der Waals surface area (Å²) >= 11 is 0. The van der Waals surface area contributed by atoms with Gasteiger partial charge in [0, 0.05) is 6.04 Å². The Balaban J connectivity index is 3.17. The molecule has 6 nitrogen and oxygen atoms in total. The molecule has 0 amide bonds. The number of hydrogen-bond acceptors (Lipinski definition) is 4. The van der Waals surface area contributed by atoms with E-state index in [2.05, 4.69) is 5.32 Å². The highest BCUT2D eigenvalue weighted by atomic mass is 19.1. The third-order valence-electron chi connectivity index (χ3n) is 2.74. The second kappa shape index (κ2) is 6.31. The first-order valence-electron chi connectivity index (χ1n) is 6.20. The van der Waals surface area contributed by atoms with E-state index in [0.29, 0.717) is 12.0 Å². The topological polar surface area (TPSA) is 92.5 Å². The summed E-state index contributed by atoms with van der Waals surface area (Å²) in [5.41, 5.74) is -1.04. The summed E-state index contributed by atoms with van der Waals surface area (Å²) in [5, 5.41) is 22.6. The predicted molar refractivity (Wildman–Crippen MR) is 72.6 cm³/mol. The van der Waals surface area contributed by atoms with Gasteiger partial charge in [0.05, 0.1) is 16.6 Å². The van der Waals surface area contributed by atoms with E-state index in [1.54, 1.807) is 0 Å². The molecule has 0 heterocycles. The van der Waals surface area contributed by atoms with Crippen LogP contribution in [-0.4, -0.2) is 22.0 Å². The smallest absolute Gasteiger partial charge is 0.338 e. The standard InChI is InChI=1S/C13H17FN2O4/c1-7(2)4-8(3)15-11-5-9(13(17)18)10(14)6-12(11)16(19)20/h5-8,15H,4H2,1-3H3,(H,17,18). The Kier molecular flexibility index (Phi) is 5.01. The number of rotatable bonds is 6. The van der Waals surface area contributed by atoms with Crippen LogP contribution >= 0.6 is 0 Å². The number of nitro groups is 1. The number of carboxylic acid groups (broad SMARTS) is 1. The molecule has 0 aliphatic heterocycles. The number of nitrogens with one attached hydrogen (secondary N) is 1. The van der Waals surface area contributed by atoms with Gasteiger partial charge in [0.25, 0.3) is 5.69 Å². The molecule has 1 rings (SSSR count). The highest BCUT2D eigenvalue weighted by Crippen LogP contribution is 2.29. The van der Waals surface area contributed by atoms with E-state index in [4.69, 9.17) is 5.11 Å². The van der Waals surface area contributed by atoms with Crippen molar-refractivity contribution in [2.45, 2.75) is 33.2 Å². The molecule has 0 aliphatic rings. The lowest BCUT2D eigenvalue weighted by atomic mass is 10.0. The van der Waals surface area contributed by atoms with Crippen molar-refractivity contribution in [1.82, 2.24) is 0 Å². The number of nitro benzene ring substituents is 1. The summed E-state index contributed by atoms with van der Waals surface area (Å²) in [6.45, 7) is 5.83. The first kappa shape index (κ1) is 15.9. The number of hydrogen-bond donors (Lipinski definition) is 2. The summed E-state index contributed by atoms with van der Waals surface area (Å²) in [6, 6.07) is 1.50. The Bertz CT molecular complexity index is 531. The lowest BCUT2D eigenvalue weighted by molar-refractivity contribution is -0.384. The number of halogens is 1. The maximum Gasteiger partial charge on any atom is 0.338 e. The van der Waals surface area contributed by atoms with Crippen LogP contribution < -0.4 is 5.32 Å². The van der Waals surface area contributed by atoms with Crippen molar-refractivity contribution in [1.29, 1.82) is 0 Å². The SMILES string of the molecule is CC(C)CC(C)Nc1cc(C(=O)O)c(F)cc1[N+](=O)[O-]. The van der Waals surface area contributed by atoms with Crippen LogP contribution in [0.1, 0.15) is 37.6 Å². The molecular weight excluding hydrogens is 267 g/mol. The van der Waals surface area contributed by atoms with Crippen molar-refractivity contribution in [3.05, 3.63) is 33.6 Å². The Morgan fingerprint density at radius 1 is 1.45 bits per heavy atom. The van der Waals surface area contributed by atoms with Crippen molar-refractivity contribution >= 4 is 17.3 Å². The van der Waals surface area contributed by atoms with Crippen LogP contribution in [0.25, 0.3) is 0 Å². The van der Waals surface area contributed by atoms with Crippen LogP contribution in [0.2, 0.25) is 0 Å². The summed E-state index contributed by atoms with van der Waals surface area (Å²) in [5.74, 6) is -2.21. The molecule has 0 bridgehead atoms. The second-order valence-electron chi connectivity index (χ2n) is 5.09. The van der Waals surface area contributed by atoms with Gasteiger partial charge in [0.15, 0.2) is 0 Å². The van der Waals surface area contributed by atoms with Gasteiger partial charge >= 0.3 is 5.97 Å². The zero-order chi connectivity index (χ0) is 15.4. The van der Waals surface area contributed by atoms with Gasteiger partial charge in [-0.1, -0.05) is 13.8 Å². The molecule has 7 heteroatoms. The number of nitrogens with zero attached hydrogens (tertiary/aromatic N) is 1. The summed E-state index contributed by atoms with van der Waals surface area (Å²) < 4.78 is 13.5. The first-order valence-corrected chi connectivity index (χ1v) is 6.20. The fourth-order valence-electron chi connectivity index (χ4n) is 2.02. The van der Waals surface area contributed by atoms with Crippen molar-refractivity contribution in [3.8, 4) is 0 Å². The summed E-state index contributed by atoms with van der Waals surface area (Å²) in [6.07, 6.45) is 0.747. The lowest BCUT2D eigenvalue weighted by Gasteiger charge is -2.17. The van der Waals surface area contributed by atoms with Crippen LogP contribution in [0, 0.1) is 21.8 Å². The number of benzene rings is 1. The van der Waals surface area contributed by atoms with E-state index in [1.165, 1.54) is 0 Å². The van der Waals surface area contributed by atoms with Crippen molar-refractivity contribution in [3.63, 3.8) is 0 Å². The summed E-state index contributed by atoms with van der Waals surface area (Å²) in [4.78, 5) is 21.1. The van der Waals surface area contributed by atoms with Gasteiger partial charge in [-0.25, -0.2) is 9.18 Å². The minimum atomic E-state index is -1.46. The van der Waals surface area contributed by atoms with Gasteiger partial charge in [0.2, 0.25) is 0 Å². The fraction of sp³-hybridized carbons (Fsp3) is 0.462. The number of carboxylic acids is 1. The Morgan fingerprint density at radius 3 is 2.50 bits per heavy atom. The van der Waals surface area contributed by atoms with Gasteiger partial charge in [-0.05, 0) is 25.3 Å². The average Bonchev–Trinajstić information content (AvgIpc) is 2.29. The second-order valence-corrected chi connectivity index (χ2v) is 5.09. The van der Waals surface area contributed by atoms with E-state index < -0.39 is 28.0 Å². The molecule has 0 fully saturated rings. The van der Waals surface area contributed by atoms with Crippen molar-refractivity contribution in [2.75, 3.05) is 5.32 Å². The molecule has 0 spiro atoms. The van der Waals surface area contributed by atoms with Crippen LogP contribution in [-0.2, 0) is 0 Å². The average molecular weight is 284 g/mol. The Hall–Kier alpha value is -2.18. The zero-order valence-electron chi connectivity index (χ0n) is 11.5. The fourth-order valence-corrected chi connectivity index (χ4v) is 2.02. The molecule has 1 aromatic carbocycles. The Morgan fingerprint density at radius 2 is 2.05 bits per heavy atom. The highest BCUT2D eigenvalue weighted by molar-refractivity contribution is 5.90. The first-order chi connectivity index (χ1) is 9.22. The molecule has 0 saturated carbocycles. The largest absolute Gasteiger partial charge is 0.478 e. The number of anilines is 1.